The van der Waals surface area contributed by atoms with E-state index in [0.29, 0.717) is 18.5 Å². The smallest absolute Gasteiger partial charge is 0.315 e. The SMILES string of the molecule is CC[C@@H](c1ccccc1)c1nnc(NCc2nccn2C)o1. The first-order valence-corrected chi connectivity index (χ1v) is 7.36. The molecule has 1 aromatic carbocycles. The van der Waals surface area contributed by atoms with Gasteiger partial charge in [-0.3, -0.25) is 0 Å². The standard InChI is InChI=1S/C16H19N5O/c1-3-13(12-7-5-4-6-8-12)15-19-20-16(22-15)18-11-14-17-9-10-21(14)2/h4-10,13H,3,11H2,1-2H3,(H,18,20)/t13-/m0/s1. The number of anilines is 1. The molecule has 0 fully saturated rings. The summed E-state index contributed by atoms with van der Waals surface area (Å²) >= 11 is 0. The van der Waals surface area contributed by atoms with Crippen LogP contribution in [0.15, 0.2) is 47.1 Å². The Kier molecular flexibility index (Phi) is 4.18. The summed E-state index contributed by atoms with van der Waals surface area (Å²) in [6.45, 7) is 2.66. The summed E-state index contributed by atoms with van der Waals surface area (Å²) in [5.74, 6) is 1.67. The molecule has 6 nitrogen and oxygen atoms in total. The zero-order valence-corrected chi connectivity index (χ0v) is 12.7. The van der Waals surface area contributed by atoms with Crippen molar-refractivity contribution in [3.63, 3.8) is 0 Å². The molecule has 0 unspecified atom stereocenters. The van der Waals surface area contributed by atoms with E-state index in [1.165, 1.54) is 5.56 Å². The molecule has 22 heavy (non-hydrogen) atoms. The summed E-state index contributed by atoms with van der Waals surface area (Å²) in [7, 11) is 1.95. The van der Waals surface area contributed by atoms with E-state index in [-0.39, 0.29) is 5.92 Å². The average Bonchev–Trinajstić information content (AvgIpc) is 3.16. The number of aryl methyl sites for hydroxylation is 1. The molecule has 1 N–H and O–H groups in total. The number of nitrogens with one attached hydrogen (secondary N) is 1. The van der Waals surface area contributed by atoms with Crippen LogP contribution in [-0.4, -0.2) is 19.7 Å². The summed E-state index contributed by atoms with van der Waals surface area (Å²) in [6, 6.07) is 10.6. The van der Waals surface area contributed by atoms with E-state index in [4.69, 9.17) is 4.42 Å². The van der Waals surface area contributed by atoms with Crippen molar-refractivity contribution in [1.29, 1.82) is 0 Å². The van der Waals surface area contributed by atoms with Crippen LogP contribution in [0.1, 0.15) is 36.5 Å². The first kappa shape index (κ1) is 14.3. The van der Waals surface area contributed by atoms with Crippen LogP contribution in [0, 0.1) is 0 Å². The maximum Gasteiger partial charge on any atom is 0.315 e. The summed E-state index contributed by atoms with van der Waals surface area (Å²) < 4.78 is 7.71. The first-order valence-electron chi connectivity index (χ1n) is 7.36. The fourth-order valence-electron chi connectivity index (χ4n) is 2.41. The second kappa shape index (κ2) is 6.43. The lowest BCUT2D eigenvalue weighted by Gasteiger charge is -2.10. The zero-order valence-electron chi connectivity index (χ0n) is 12.7. The maximum atomic E-state index is 5.76. The van der Waals surface area contributed by atoms with Crippen molar-refractivity contribution in [3.8, 4) is 0 Å². The molecule has 0 amide bonds. The molecule has 0 radical (unpaired) electrons. The lowest BCUT2D eigenvalue weighted by atomic mass is 9.97. The summed E-state index contributed by atoms with van der Waals surface area (Å²) in [6.07, 6.45) is 4.57. The zero-order chi connectivity index (χ0) is 15.4. The van der Waals surface area contributed by atoms with Crippen molar-refractivity contribution in [1.82, 2.24) is 19.7 Å². The van der Waals surface area contributed by atoms with Gasteiger partial charge >= 0.3 is 6.01 Å². The third-order valence-corrected chi connectivity index (χ3v) is 3.67. The fraction of sp³-hybridized carbons (Fsp3) is 0.312. The Hall–Kier alpha value is -2.63. The molecule has 1 atom stereocenters. The Morgan fingerprint density at radius 1 is 1.23 bits per heavy atom. The highest BCUT2D eigenvalue weighted by molar-refractivity contribution is 5.26. The van der Waals surface area contributed by atoms with Crippen LogP contribution in [0.3, 0.4) is 0 Å². The normalized spacial score (nSPS) is 12.3. The molecular formula is C16H19N5O. The van der Waals surface area contributed by atoms with E-state index in [2.05, 4.69) is 39.6 Å². The van der Waals surface area contributed by atoms with Crippen LogP contribution in [0.5, 0.6) is 0 Å². The van der Waals surface area contributed by atoms with Gasteiger partial charge in [0.2, 0.25) is 5.89 Å². The molecule has 114 valence electrons. The van der Waals surface area contributed by atoms with E-state index in [0.717, 1.165) is 12.2 Å². The molecule has 0 aliphatic carbocycles. The fourth-order valence-corrected chi connectivity index (χ4v) is 2.41. The molecule has 3 rings (SSSR count). The highest BCUT2D eigenvalue weighted by atomic mass is 16.4. The van der Waals surface area contributed by atoms with Crippen LogP contribution in [-0.2, 0) is 13.6 Å². The maximum absolute atomic E-state index is 5.76. The number of rotatable bonds is 6. The minimum atomic E-state index is 0.123. The molecule has 2 heterocycles. The topological polar surface area (TPSA) is 68.8 Å². The van der Waals surface area contributed by atoms with E-state index in [1.807, 2.05) is 36.0 Å². The molecule has 6 heteroatoms. The van der Waals surface area contributed by atoms with Gasteiger partial charge in [0.15, 0.2) is 0 Å². The van der Waals surface area contributed by atoms with Crippen molar-refractivity contribution in [3.05, 3.63) is 60.0 Å². The van der Waals surface area contributed by atoms with Crippen LogP contribution >= 0.6 is 0 Å². The molecule has 0 saturated carbocycles. The molecule has 0 aliphatic rings. The van der Waals surface area contributed by atoms with Gasteiger partial charge in [0.25, 0.3) is 0 Å². The highest BCUT2D eigenvalue weighted by Gasteiger charge is 2.18. The lowest BCUT2D eigenvalue weighted by molar-refractivity contribution is 0.473. The lowest BCUT2D eigenvalue weighted by Crippen LogP contribution is -2.05. The second-order valence-corrected chi connectivity index (χ2v) is 5.12. The minimum Gasteiger partial charge on any atom is -0.407 e. The predicted molar refractivity (Wildman–Crippen MR) is 83.4 cm³/mol. The number of aromatic nitrogens is 4. The Morgan fingerprint density at radius 3 is 2.73 bits per heavy atom. The van der Waals surface area contributed by atoms with Gasteiger partial charge in [0.1, 0.15) is 5.82 Å². The van der Waals surface area contributed by atoms with Gasteiger partial charge < -0.3 is 14.3 Å². The molecular weight excluding hydrogens is 278 g/mol. The van der Waals surface area contributed by atoms with E-state index in [9.17, 15) is 0 Å². The summed E-state index contributed by atoms with van der Waals surface area (Å²) in [5.41, 5.74) is 1.18. The van der Waals surface area contributed by atoms with Crippen molar-refractivity contribution in [2.24, 2.45) is 7.05 Å². The third-order valence-electron chi connectivity index (χ3n) is 3.67. The van der Waals surface area contributed by atoms with Crippen molar-refractivity contribution >= 4 is 6.01 Å². The van der Waals surface area contributed by atoms with Crippen molar-refractivity contribution < 1.29 is 4.42 Å². The van der Waals surface area contributed by atoms with Crippen LogP contribution in [0.4, 0.5) is 6.01 Å². The van der Waals surface area contributed by atoms with Crippen molar-refractivity contribution in [2.75, 3.05) is 5.32 Å². The van der Waals surface area contributed by atoms with Crippen LogP contribution < -0.4 is 5.32 Å². The quantitative estimate of drug-likeness (QED) is 0.757. The van der Waals surface area contributed by atoms with Crippen molar-refractivity contribution in [2.45, 2.75) is 25.8 Å². The van der Waals surface area contributed by atoms with Gasteiger partial charge in [-0.25, -0.2) is 4.98 Å². The Balaban J connectivity index is 1.71. The summed E-state index contributed by atoms with van der Waals surface area (Å²) in [5, 5.41) is 11.4. The number of hydrogen-bond donors (Lipinski definition) is 1. The van der Waals surface area contributed by atoms with Gasteiger partial charge in [0.05, 0.1) is 12.5 Å². The van der Waals surface area contributed by atoms with Gasteiger partial charge in [-0.05, 0) is 12.0 Å². The Morgan fingerprint density at radius 2 is 2.05 bits per heavy atom. The van der Waals surface area contributed by atoms with E-state index >= 15 is 0 Å². The number of nitrogens with zero attached hydrogens (tertiary/aromatic N) is 4. The van der Waals surface area contributed by atoms with Gasteiger partial charge in [-0.15, -0.1) is 5.10 Å². The Labute approximate surface area is 129 Å². The number of imidazole rings is 1. The molecule has 2 aromatic heterocycles. The molecule has 0 saturated heterocycles. The van der Waals surface area contributed by atoms with Gasteiger partial charge in [-0.1, -0.05) is 42.4 Å². The van der Waals surface area contributed by atoms with Gasteiger partial charge in [-0.2, -0.15) is 0 Å². The number of hydrogen-bond acceptors (Lipinski definition) is 5. The first-order chi connectivity index (χ1) is 10.8. The Bertz CT molecular complexity index is 719. The van der Waals surface area contributed by atoms with E-state index in [1.54, 1.807) is 6.20 Å². The number of benzene rings is 1. The molecule has 0 aliphatic heterocycles. The van der Waals surface area contributed by atoms with Crippen LogP contribution in [0.25, 0.3) is 0 Å². The second-order valence-electron chi connectivity index (χ2n) is 5.12. The van der Waals surface area contributed by atoms with Crippen LogP contribution in [0.2, 0.25) is 0 Å². The van der Waals surface area contributed by atoms with E-state index < -0.39 is 0 Å². The van der Waals surface area contributed by atoms with Gasteiger partial charge in [0, 0.05) is 19.4 Å². The minimum absolute atomic E-state index is 0.123. The molecule has 0 bridgehead atoms. The summed E-state index contributed by atoms with van der Waals surface area (Å²) in [4.78, 5) is 4.25. The largest absolute Gasteiger partial charge is 0.407 e. The average molecular weight is 297 g/mol. The highest BCUT2D eigenvalue weighted by Crippen LogP contribution is 2.27. The molecule has 0 spiro atoms. The predicted octanol–water partition coefficient (Wildman–Crippen LogP) is 2.96. The monoisotopic (exact) mass is 297 g/mol. The third kappa shape index (κ3) is 3.00. The molecule has 3 aromatic rings.